The minimum absolute atomic E-state index is 0.114. The number of hydrogen-bond donors (Lipinski definition) is 1. The molecule has 1 N–H and O–H groups in total. The van der Waals surface area contributed by atoms with Gasteiger partial charge >= 0.3 is 0 Å². The maximum Gasteiger partial charge on any atom is 0.255 e. The molecule has 4 rings (SSSR count). The Bertz CT molecular complexity index is 940. The third-order valence-electron chi connectivity index (χ3n) is 5.02. The Kier molecular flexibility index (Phi) is 4.98. The van der Waals surface area contributed by atoms with Crippen LogP contribution >= 0.6 is 0 Å². The van der Waals surface area contributed by atoms with E-state index >= 15 is 0 Å². The van der Waals surface area contributed by atoms with Crippen LogP contribution in [0.1, 0.15) is 41.9 Å². The SMILES string of the molecule is COc1ncc(F)cc1CN1CCc2nc(C3=NCCCC3)[nH]c(=O)c2C1. The zero-order valence-electron chi connectivity index (χ0n) is 15.3. The first-order valence-electron chi connectivity index (χ1n) is 9.20. The summed E-state index contributed by atoms with van der Waals surface area (Å²) in [7, 11) is 1.51. The van der Waals surface area contributed by atoms with Crippen molar-refractivity contribution in [1.29, 1.82) is 0 Å². The molecular formula is C19H22FN5O2. The van der Waals surface area contributed by atoms with Gasteiger partial charge in [-0.25, -0.2) is 14.4 Å². The van der Waals surface area contributed by atoms with E-state index in [0.29, 0.717) is 42.3 Å². The number of H-pyrrole nitrogens is 1. The van der Waals surface area contributed by atoms with Crippen molar-refractivity contribution in [3.05, 3.63) is 51.1 Å². The summed E-state index contributed by atoms with van der Waals surface area (Å²) >= 11 is 0. The molecule has 27 heavy (non-hydrogen) atoms. The summed E-state index contributed by atoms with van der Waals surface area (Å²) in [5.74, 6) is 0.614. The first kappa shape index (κ1) is 17.8. The fourth-order valence-corrected chi connectivity index (χ4v) is 3.65. The molecule has 0 saturated carbocycles. The molecule has 2 aliphatic rings. The van der Waals surface area contributed by atoms with Crippen LogP contribution in [0.2, 0.25) is 0 Å². The highest BCUT2D eigenvalue weighted by Gasteiger charge is 2.23. The monoisotopic (exact) mass is 371 g/mol. The highest BCUT2D eigenvalue weighted by Crippen LogP contribution is 2.22. The molecule has 0 aromatic carbocycles. The lowest BCUT2D eigenvalue weighted by Gasteiger charge is -2.28. The number of ether oxygens (including phenoxy) is 1. The Balaban J connectivity index is 1.56. The fraction of sp³-hybridized carbons (Fsp3) is 0.474. The molecule has 0 aliphatic carbocycles. The van der Waals surface area contributed by atoms with Crippen LogP contribution in [0.15, 0.2) is 22.1 Å². The molecule has 0 fully saturated rings. The number of aliphatic imine (C=N–C) groups is 1. The van der Waals surface area contributed by atoms with Gasteiger partial charge in [0.05, 0.1) is 30.3 Å². The molecule has 4 heterocycles. The largest absolute Gasteiger partial charge is 0.481 e. The van der Waals surface area contributed by atoms with Gasteiger partial charge in [-0.2, -0.15) is 0 Å². The van der Waals surface area contributed by atoms with Gasteiger partial charge < -0.3 is 9.72 Å². The topological polar surface area (TPSA) is 83.5 Å². The average Bonchev–Trinajstić information content (AvgIpc) is 2.69. The number of pyridine rings is 1. The van der Waals surface area contributed by atoms with Crippen molar-refractivity contribution < 1.29 is 9.13 Å². The minimum atomic E-state index is -0.402. The van der Waals surface area contributed by atoms with Crippen LogP contribution in [0.4, 0.5) is 4.39 Å². The molecule has 142 valence electrons. The molecule has 0 amide bonds. The minimum Gasteiger partial charge on any atom is -0.481 e. The summed E-state index contributed by atoms with van der Waals surface area (Å²) in [6, 6.07) is 1.42. The summed E-state index contributed by atoms with van der Waals surface area (Å²) in [5.41, 5.74) is 2.96. The van der Waals surface area contributed by atoms with Gasteiger partial charge in [0.1, 0.15) is 5.82 Å². The summed E-state index contributed by atoms with van der Waals surface area (Å²) in [6.45, 7) is 2.45. The van der Waals surface area contributed by atoms with Crippen molar-refractivity contribution >= 4 is 5.71 Å². The van der Waals surface area contributed by atoms with Crippen LogP contribution in [-0.4, -0.2) is 45.8 Å². The Morgan fingerprint density at radius 2 is 2.22 bits per heavy atom. The Labute approximate surface area is 156 Å². The second-order valence-corrected chi connectivity index (χ2v) is 6.91. The van der Waals surface area contributed by atoms with Crippen LogP contribution in [0.25, 0.3) is 0 Å². The lowest BCUT2D eigenvalue weighted by molar-refractivity contribution is 0.236. The van der Waals surface area contributed by atoms with Crippen molar-refractivity contribution in [2.24, 2.45) is 4.99 Å². The van der Waals surface area contributed by atoms with Crippen LogP contribution in [0.3, 0.4) is 0 Å². The van der Waals surface area contributed by atoms with Gasteiger partial charge in [0.2, 0.25) is 5.88 Å². The average molecular weight is 371 g/mol. The third kappa shape index (κ3) is 3.75. The van der Waals surface area contributed by atoms with Crippen molar-refractivity contribution in [2.75, 3.05) is 20.2 Å². The lowest BCUT2D eigenvalue weighted by Crippen LogP contribution is -2.36. The predicted molar refractivity (Wildman–Crippen MR) is 98.7 cm³/mol. The van der Waals surface area contributed by atoms with Gasteiger partial charge in [-0.3, -0.25) is 14.7 Å². The van der Waals surface area contributed by atoms with E-state index in [9.17, 15) is 9.18 Å². The molecule has 0 atom stereocenters. The van der Waals surface area contributed by atoms with Crippen LogP contribution < -0.4 is 10.3 Å². The number of hydrogen-bond acceptors (Lipinski definition) is 6. The fourth-order valence-electron chi connectivity index (χ4n) is 3.65. The van der Waals surface area contributed by atoms with E-state index < -0.39 is 5.82 Å². The van der Waals surface area contributed by atoms with Gasteiger partial charge in [-0.15, -0.1) is 0 Å². The third-order valence-corrected chi connectivity index (χ3v) is 5.02. The van der Waals surface area contributed by atoms with Crippen LogP contribution in [0, 0.1) is 5.82 Å². The van der Waals surface area contributed by atoms with E-state index in [-0.39, 0.29) is 5.56 Å². The maximum atomic E-state index is 13.5. The molecule has 2 aromatic heterocycles. The standard InChI is InChI=1S/C19H22FN5O2/c1-27-19-12(8-13(20)9-22-19)10-25-7-5-15-14(11-25)18(26)24-17(23-15)16-4-2-3-6-21-16/h8-9H,2-7,10-11H2,1H3,(H,23,24,26). The number of methoxy groups -OCH3 is 1. The molecule has 0 unspecified atom stereocenters. The maximum absolute atomic E-state index is 13.5. The molecule has 0 radical (unpaired) electrons. The van der Waals surface area contributed by atoms with E-state index in [4.69, 9.17) is 4.74 Å². The zero-order chi connectivity index (χ0) is 18.8. The number of nitrogens with zero attached hydrogens (tertiary/aromatic N) is 4. The van der Waals surface area contributed by atoms with Crippen molar-refractivity contribution in [2.45, 2.75) is 38.8 Å². The van der Waals surface area contributed by atoms with Gasteiger partial charge in [0.25, 0.3) is 5.56 Å². The highest BCUT2D eigenvalue weighted by molar-refractivity contribution is 5.97. The number of halogens is 1. The molecule has 2 aromatic rings. The molecular weight excluding hydrogens is 349 g/mol. The molecule has 0 saturated heterocycles. The Hall–Kier alpha value is -2.61. The summed E-state index contributed by atoms with van der Waals surface area (Å²) in [6.07, 6.45) is 4.84. The molecule has 0 spiro atoms. The van der Waals surface area contributed by atoms with Gasteiger partial charge in [-0.1, -0.05) is 0 Å². The molecule has 2 aliphatic heterocycles. The predicted octanol–water partition coefficient (Wildman–Crippen LogP) is 1.84. The normalized spacial score (nSPS) is 17.3. The number of nitrogens with one attached hydrogen (secondary N) is 1. The van der Waals surface area contributed by atoms with Gasteiger partial charge in [0.15, 0.2) is 5.82 Å². The quantitative estimate of drug-likeness (QED) is 0.887. The van der Waals surface area contributed by atoms with Crippen molar-refractivity contribution in [3.8, 4) is 5.88 Å². The Morgan fingerprint density at radius 3 is 3.00 bits per heavy atom. The van der Waals surface area contributed by atoms with E-state index in [0.717, 1.165) is 50.0 Å². The van der Waals surface area contributed by atoms with Crippen molar-refractivity contribution in [3.63, 3.8) is 0 Å². The molecule has 8 heteroatoms. The van der Waals surface area contributed by atoms with E-state index in [1.165, 1.54) is 13.2 Å². The van der Waals surface area contributed by atoms with E-state index in [1.54, 1.807) is 0 Å². The van der Waals surface area contributed by atoms with Gasteiger partial charge in [0, 0.05) is 38.2 Å². The Morgan fingerprint density at radius 1 is 1.33 bits per heavy atom. The lowest BCUT2D eigenvalue weighted by atomic mass is 10.0. The van der Waals surface area contributed by atoms with Crippen molar-refractivity contribution in [1.82, 2.24) is 19.9 Å². The van der Waals surface area contributed by atoms with Crippen LogP contribution in [0.5, 0.6) is 5.88 Å². The highest BCUT2D eigenvalue weighted by atomic mass is 19.1. The van der Waals surface area contributed by atoms with E-state index in [1.807, 2.05) is 0 Å². The molecule has 0 bridgehead atoms. The second-order valence-electron chi connectivity index (χ2n) is 6.91. The van der Waals surface area contributed by atoms with Gasteiger partial charge in [-0.05, 0) is 25.3 Å². The first-order chi connectivity index (χ1) is 13.1. The summed E-state index contributed by atoms with van der Waals surface area (Å²) < 4.78 is 18.8. The van der Waals surface area contributed by atoms with E-state index in [2.05, 4.69) is 24.8 Å². The smallest absolute Gasteiger partial charge is 0.255 e. The summed E-state index contributed by atoms with van der Waals surface area (Å²) in [5, 5.41) is 0. The number of aromatic nitrogens is 3. The number of rotatable bonds is 4. The second kappa shape index (κ2) is 7.56. The summed E-state index contributed by atoms with van der Waals surface area (Å²) in [4.78, 5) is 30.8. The number of fused-ring (bicyclic) bond motifs is 1. The number of aromatic amines is 1. The zero-order valence-corrected chi connectivity index (χ0v) is 15.3. The molecule has 7 nitrogen and oxygen atoms in total. The van der Waals surface area contributed by atoms with Crippen LogP contribution in [-0.2, 0) is 19.5 Å². The first-order valence-corrected chi connectivity index (χ1v) is 9.20.